The van der Waals surface area contributed by atoms with Gasteiger partial charge in [0.25, 0.3) is 0 Å². The van der Waals surface area contributed by atoms with E-state index in [2.05, 4.69) is 20.9 Å². The fourth-order valence-electron chi connectivity index (χ4n) is 1.69. The van der Waals surface area contributed by atoms with Gasteiger partial charge in [0.2, 0.25) is 0 Å². The molecule has 0 spiro atoms. The van der Waals surface area contributed by atoms with Crippen LogP contribution in [0.1, 0.15) is 43.8 Å². The molecular formula is C13H17BrClNO3. The largest absolute Gasteiger partial charge is 0.479 e. The zero-order chi connectivity index (χ0) is 15.0. The number of carboxylic acids is 1. The van der Waals surface area contributed by atoms with Crippen LogP contribution in [0.2, 0.25) is 5.02 Å². The Morgan fingerprint density at radius 3 is 2.32 bits per heavy atom. The summed E-state index contributed by atoms with van der Waals surface area (Å²) in [6.45, 7) is 8.91. The maximum atomic E-state index is 11.5. The molecule has 6 heteroatoms. The first kappa shape index (κ1) is 16.4. The number of halogens is 2. The number of hydrogen-bond acceptors (Lipinski definition) is 3. The third kappa shape index (κ3) is 3.91. The van der Waals surface area contributed by atoms with E-state index in [1.807, 2.05) is 0 Å². The van der Waals surface area contributed by atoms with Crippen LogP contribution >= 0.6 is 27.5 Å². The number of aliphatic carboxylic acids is 1. The summed E-state index contributed by atoms with van der Waals surface area (Å²) in [5, 5.41) is 9.71. The lowest BCUT2D eigenvalue weighted by Gasteiger charge is -2.26. The van der Waals surface area contributed by atoms with Crippen LogP contribution in [0.4, 0.5) is 0 Å². The standard InChI is InChI=1S/C13H17BrClNO3/c1-6-8(10(15)9(14)7(2)16-6)11(12(17)18)19-13(3,4)5/h11H,1-5H3,(H,17,18). The van der Waals surface area contributed by atoms with Gasteiger partial charge < -0.3 is 9.84 Å². The van der Waals surface area contributed by atoms with Gasteiger partial charge in [-0.2, -0.15) is 0 Å². The van der Waals surface area contributed by atoms with E-state index in [1.165, 1.54) is 0 Å². The van der Waals surface area contributed by atoms with Gasteiger partial charge in [-0.1, -0.05) is 11.6 Å². The van der Waals surface area contributed by atoms with Gasteiger partial charge in [0.1, 0.15) is 0 Å². The molecule has 1 aromatic heterocycles. The molecule has 0 saturated heterocycles. The van der Waals surface area contributed by atoms with Crippen LogP contribution in [0.5, 0.6) is 0 Å². The first-order valence-corrected chi connectivity index (χ1v) is 6.94. The van der Waals surface area contributed by atoms with Gasteiger partial charge in [0.05, 0.1) is 20.8 Å². The zero-order valence-corrected chi connectivity index (χ0v) is 13.9. The van der Waals surface area contributed by atoms with E-state index in [-0.39, 0.29) is 0 Å². The highest BCUT2D eigenvalue weighted by molar-refractivity contribution is 9.10. The minimum Gasteiger partial charge on any atom is -0.479 e. The lowest BCUT2D eigenvalue weighted by molar-refractivity contribution is -0.160. The predicted octanol–water partition coefficient (Wildman–Crippen LogP) is 4.06. The number of aromatic nitrogens is 1. The lowest BCUT2D eigenvalue weighted by Crippen LogP contribution is -2.28. The zero-order valence-electron chi connectivity index (χ0n) is 11.5. The molecule has 0 aliphatic carbocycles. The molecule has 0 radical (unpaired) electrons. The highest BCUT2D eigenvalue weighted by atomic mass is 79.9. The fraction of sp³-hybridized carbons (Fsp3) is 0.538. The van der Waals surface area contributed by atoms with Gasteiger partial charge in [-0.05, 0) is 50.5 Å². The Bertz CT molecular complexity index is 512. The van der Waals surface area contributed by atoms with Gasteiger partial charge in [-0.25, -0.2) is 4.79 Å². The second-order valence-electron chi connectivity index (χ2n) is 5.27. The molecule has 1 aromatic rings. The molecular weight excluding hydrogens is 334 g/mol. The molecule has 1 atom stereocenters. The monoisotopic (exact) mass is 349 g/mol. The molecule has 1 unspecified atom stereocenters. The smallest absolute Gasteiger partial charge is 0.337 e. The third-order valence-corrected chi connectivity index (χ3v) is 4.02. The summed E-state index contributed by atoms with van der Waals surface area (Å²) in [4.78, 5) is 15.7. The van der Waals surface area contributed by atoms with Crippen molar-refractivity contribution in [2.45, 2.75) is 46.3 Å². The van der Waals surface area contributed by atoms with Crippen molar-refractivity contribution in [2.24, 2.45) is 0 Å². The minimum absolute atomic E-state index is 0.335. The average molecular weight is 351 g/mol. The van der Waals surface area contributed by atoms with Crippen LogP contribution in [-0.4, -0.2) is 21.7 Å². The first-order chi connectivity index (χ1) is 8.54. The van der Waals surface area contributed by atoms with E-state index in [0.717, 1.165) is 0 Å². The van der Waals surface area contributed by atoms with Crippen molar-refractivity contribution >= 4 is 33.5 Å². The Hall–Kier alpha value is -0.650. The molecule has 0 fully saturated rings. The summed E-state index contributed by atoms with van der Waals surface area (Å²) in [6, 6.07) is 0. The minimum atomic E-state index is -1.14. The van der Waals surface area contributed by atoms with Gasteiger partial charge >= 0.3 is 5.97 Å². The Labute approximate surface area is 126 Å². The highest BCUT2D eigenvalue weighted by Gasteiger charge is 2.31. The molecule has 106 valence electrons. The summed E-state index contributed by atoms with van der Waals surface area (Å²) < 4.78 is 6.19. The predicted molar refractivity (Wildman–Crippen MR) is 77.6 cm³/mol. The topological polar surface area (TPSA) is 59.4 Å². The molecule has 0 aliphatic rings. The summed E-state index contributed by atoms with van der Waals surface area (Å²) in [5.41, 5.74) is 1.06. The van der Waals surface area contributed by atoms with Crippen LogP contribution in [0.25, 0.3) is 0 Å². The van der Waals surface area contributed by atoms with Crippen molar-refractivity contribution < 1.29 is 14.6 Å². The molecule has 0 bridgehead atoms. The number of rotatable bonds is 3. The van der Waals surface area contributed by atoms with E-state index in [0.29, 0.717) is 26.4 Å². The maximum Gasteiger partial charge on any atom is 0.337 e. The number of pyridine rings is 1. The van der Waals surface area contributed by atoms with E-state index < -0.39 is 17.7 Å². The second kappa shape index (κ2) is 5.77. The number of carboxylic acid groups (broad SMARTS) is 1. The van der Waals surface area contributed by atoms with Crippen LogP contribution in [0, 0.1) is 13.8 Å². The molecule has 4 nitrogen and oxygen atoms in total. The number of carbonyl (C=O) groups is 1. The number of ether oxygens (including phenoxy) is 1. The lowest BCUT2D eigenvalue weighted by atomic mass is 10.1. The maximum absolute atomic E-state index is 11.5. The number of hydrogen-bond donors (Lipinski definition) is 1. The van der Waals surface area contributed by atoms with E-state index >= 15 is 0 Å². The summed E-state index contributed by atoms with van der Waals surface area (Å²) in [6.07, 6.45) is -1.14. The first-order valence-electron chi connectivity index (χ1n) is 5.77. The number of nitrogens with zero attached hydrogens (tertiary/aromatic N) is 1. The Morgan fingerprint density at radius 1 is 1.37 bits per heavy atom. The number of aryl methyl sites for hydroxylation is 2. The van der Waals surface area contributed by atoms with Gasteiger partial charge in [0, 0.05) is 11.3 Å². The van der Waals surface area contributed by atoms with Gasteiger partial charge in [0.15, 0.2) is 6.10 Å². The van der Waals surface area contributed by atoms with Crippen LogP contribution in [0.15, 0.2) is 4.47 Å². The highest BCUT2D eigenvalue weighted by Crippen LogP contribution is 2.37. The van der Waals surface area contributed by atoms with Crippen molar-refractivity contribution in [1.29, 1.82) is 0 Å². The van der Waals surface area contributed by atoms with Gasteiger partial charge in [-0.15, -0.1) is 0 Å². The molecule has 1 N–H and O–H groups in total. The van der Waals surface area contributed by atoms with Gasteiger partial charge in [-0.3, -0.25) is 4.98 Å². The van der Waals surface area contributed by atoms with E-state index in [9.17, 15) is 9.90 Å². The average Bonchev–Trinajstić information content (AvgIpc) is 2.23. The molecule has 19 heavy (non-hydrogen) atoms. The Morgan fingerprint density at radius 2 is 1.89 bits per heavy atom. The Balaban J connectivity index is 3.40. The molecule has 0 saturated carbocycles. The molecule has 0 amide bonds. The molecule has 0 aliphatic heterocycles. The molecule has 1 rings (SSSR count). The summed E-state index contributed by atoms with van der Waals surface area (Å²) in [5.74, 6) is -1.09. The second-order valence-corrected chi connectivity index (χ2v) is 6.44. The van der Waals surface area contributed by atoms with E-state index in [4.69, 9.17) is 16.3 Å². The Kier molecular flexibility index (Phi) is 4.98. The van der Waals surface area contributed by atoms with Crippen LogP contribution in [-0.2, 0) is 9.53 Å². The SMILES string of the molecule is Cc1nc(C)c(C(OC(C)(C)C)C(=O)O)c(Cl)c1Br. The summed E-state index contributed by atoms with van der Waals surface area (Å²) in [7, 11) is 0. The normalized spacial score (nSPS) is 13.4. The summed E-state index contributed by atoms with van der Waals surface area (Å²) >= 11 is 9.56. The van der Waals surface area contributed by atoms with Crippen molar-refractivity contribution in [3.05, 3.63) is 26.4 Å². The molecule has 0 aromatic carbocycles. The van der Waals surface area contributed by atoms with Crippen molar-refractivity contribution in [1.82, 2.24) is 4.98 Å². The van der Waals surface area contributed by atoms with E-state index in [1.54, 1.807) is 34.6 Å². The van der Waals surface area contributed by atoms with Crippen molar-refractivity contribution in [3.8, 4) is 0 Å². The van der Waals surface area contributed by atoms with Crippen molar-refractivity contribution in [2.75, 3.05) is 0 Å². The molecule has 1 heterocycles. The van der Waals surface area contributed by atoms with Crippen LogP contribution in [0.3, 0.4) is 0 Å². The third-order valence-electron chi connectivity index (χ3n) is 2.43. The van der Waals surface area contributed by atoms with Crippen LogP contribution < -0.4 is 0 Å². The fourth-order valence-corrected chi connectivity index (χ4v) is 2.36. The van der Waals surface area contributed by atoms with Crippen molar-refractivity contribution in [3.63, 3.8) is 0 Å². The quantitative estimate of drug-likeness (QED) is 0.893.